The second-order valence-electron chi connectivity index (χ2n) is 7.80. The van der Waals surface area contributed by atoms with Crippen molar-refractivity contribution < 1.29 is 4.79 Å². The molecule has 21 heavy (non-hydrogen) atoms. The quantitative estimate of drug-likeness (QED) is 0.896. The molecule has 3 nitrogen and oxygen atoms in total. The number of rotatable bonds is 3. The molecule has 2 rings (SSSR count). The van der Waals surface area contributed by atoms with Crippen molar-refractivity contribution in [2.24, 2.45) is 16.6 Å². The molecule has 1 aliphatic carbocycles. The number of hydrogen-bond donors (Lipinski definition) is 2. The highest BCUT2D eigenvalue weighted by atomic mass is 16.1. The van der Waals surface area contributed by atoms with Crippen LogP contribution in [-0.4, -0.2) is 18.0 Å². The van der Waals surface area contributed by atoms with E-state index >= 15 is 0 Å². The molecule has 3 N–H and O–H groups in total. The minimum atomic E-state index is -0.0724. The van der Waals surface area contributed by atoms with Gasteiger partial charge in [-0.25, -0.2) is 0 Å². The van der Waals surface area contributed by atoms with Gasteiger partial charge in [0.15, 0.2) is 0 Å². The van der Waals surface area contributed by atoms with Crippen molar-refractivity contribution in [1.29, 1.82) is 0 Å². The van der Waals surface area contributed by atoms with Crippen LogP contribution in [-0.2, 0) is 0 Å². The second-order valence-corrected chi connectivity index (χ2v) is 7.80. The summed E-state index contributed by atoms with van der Waals surface area (Å²) in [5.41, 5.74) is 8.06. The summed E-state index contributed by atoms with van der Waals surface area (Å²) in [4.78, 5) is 12.5. The summed E-state index contributed by atoms with van der Waals surface area (Å²) in [6.45, 7) is 12.8. The van der Waals surface area contributed by atoms with Gasteiger partial charge in [-0.3, -0.25) is 4.79 Å². The standard InChI is InChI=1S/C18H28N2O/c1-11(2)12-7-9-13(10-8-12)14(21)20-16-17(3,4)15(19)18(16,5)6/h7-11,15-16H,19H2,1-6H3,(H,20,21). The van der Waals surface area contributed by atoms with E-state index in [-0.39, 0.29) is 28.8 Å². The van der Waals surface area contributed by atoms with E-state index in [0.717, 1.165) is 0 Å². The first-order valence-corrected chi connectivity index (χ1v) is 7.75. The Bertz CT molecular complexity index is 513. The number of hydrogen-bond acceptors (Lipinski definition) is 2. The van der Waals surface area contributed by atoms with Crippen molar-refractivity contribution in [2.45, 2.75) is 59.5 Å². The van der Waals surface area contributed by atoms with E-state index < -0.39 is 0 Å². The van der Waals surface area contributed by atoms with Crippen LogP contribution in [0.2, 0.25) is 0 Å². The molecule has 3 heteroatoms. The summed E-state index contributed by atoms with van der Waals surface area (Å²) < 4.78 is 0. The van der Waals surface area contributed by atoms with Crippen molar-refractivity contribution in [1.82, 2.24) is 5.32 Å². The zero-order valence-corrected chi connectivity index (χ0v) is 14.0. The van der Waals surface area contributed by atoms with Crippen LogP contribution in [0, 0.1) is 10.8 Å². The summed E-state index contributed by atoms with van der Waals surface area (Å²) in [5.74, 6) is 0.466. The van der Waals surface area contributed by atoms with E-state index in [4.69, 9.17) is 5.73 Å². The summed E-state index contributed by atoms with van der Waals surface area (Å²) in [5, 5.41) is 3.17. The maximum atomic E-state index is 12.5. The van der Waals surface area contributed by atoms with E-state index in [2.05, 4.69) is 46.9 Å². The molecular weight excluding hydrogens is 260 g/mol. The number of amides is 1. The lowest BCUT2D eigenvalue weighted by atomic mass is 9.48. The third-order valence-electron chi connectivity index (χ3n) is 5.21. The van der Waals surface area contributed by atoms with Gasteiger partial charge >= 0.3 is 0 Å². The molecule has 0 heterocycles. The predicted octanol–water partition coefficient (Wildman–Crippen LogP) is 3.30. The SMILES string of the molecule is CC(C)c1ccc(C(=O)NC2C(C)(C)C(N)C2(C)C)cc1. The van der Waals surface area contributed by atoms with Crippen LogP contribution in [0.3, 0.4) is 0 Å². The normalized spacial score (nSPS) is 26.3. The lowest BCUT2D eigenvalue weighted by molar-refractivity contribution is -0.0663. The van der Waals surface area contributed by atoms with Gasteiger partial charge in [0, 0.05) is 28.5 Å². The Morgan fingerprint density at radius 1 is 1.10 bits per heavy atom. The van der Waals surface area contributed by atoms with Crippen molar-refractivity contribution in [3.63, 3.8) is 0 Å². The summed E-state index contributed by atoms with van der Waals surface area (Å²) in [7, 11) is 0. The molecule has 1 amide bonds. The molecule has 0 unspecified atom stereocenters. The van der Waals surface area contributed by atoms with E-state index in [9.17, 15) is 4.79 Å². The third kappa shape index (κ3) is 2.59. The van der Waals surface area contributed by atoms with Crippen LogP contribution in [0.4, 0.5) is 0 Å². The number of carbonyl (C=O) groups is 1. The first-order chi connectivity index (χ1) is 9.58. The molecule has 1 fully saturated rings. The van der Waals surface area contributed by atoms with Crippen molar-refractivity contribution in [3.8, 4) is 0 Å². The topological polar surface area (TPSA) is 55.1 Å². The average Bonchev–Trinajstić information content (AvgIpc) is 2.43. The molecule has 0 radical (unpaired) electrons. The maximum absolute atomic E-state index is 12.5. The van der Waals surface area contributed by atoms with Crippen LogP contribution >= 0.6 is 0 Å². The number of nitrogens with one attached hydrogen (secondary N) is 1. The van der Waals surface area contributed by atoms with E-state index in [1.165, 1.54) is 5.56 Å². The summed E-state index contributed by atoms with van der Waals surface area (Å²) in [6.07, 6.45) is 0. The van der Waals surface area contributed by atoms with E-state index in [0.29, 0.717) is 11.5 Å². The third-order valence-corrected chi connectivity index (χ3v) is 5.21. The van der Waals surface area contributed by atoms with Gasteiger partial charge in [0.25, 0.3) is 5.91 Å². The molecule has 0 aliphatic heterocycles. The minimum Gasteiger partial charge on any atom is -0.348 e. The molecular formula is C18H28N2O. The Morgan fingerprint density at radius 2 is 1.57 bits per heavy atom. The average molecular weight is 288 g/mol. The molecule has 1 aromatic rings. The molecule has 0 bridgehead atoms. The Morgan fingerprint density at radius 3 is 2.00 bits per heavy atom. The zero-order valence-electron chi connectivity index (χ0n) is 14.0. The Hall–Kier alpha value is -1.35. The predicted molar refractivity (Wildman–Crippen MR) is 87.3 cm³/mol. The molecule has 1 aliphatic rings. The highest BCUT2D eigenvalue weighted by molar-refractivity contribution is 5.94. The van der Waals surface area contributed by atoms with Gasteiger partial charge < -0.3 is 11.1 Å². The molecule has 1 saturated carbocycles. The van der Waals surface area contributed by atoms with Crippen molar-refractivity contribution in [3.05, 3.63) is 35.4 Å². The van der Waals surface area contributed by atoms with Gasteiger partial charge in [-0.1, -0.05) is 53.7 Å². The molecule has 0 aromatic heterocycles. The highest BCUT2D eigenvalue weighted by Crippen LogP contribution is 2.52. The van der Waals surface area contributed by atoms with Crippen LogP contribution < -0.4 is 11.1 Å². The monoisotopic (exact) mass is 288 g/mol. The molecule has 0 spiro atoms. The van der Waals surface area contributed by atoms with Crippen LogP contribution in [0.15, 0.2) is 24.3 Å². The van der Waals surface area contributed by atoms with Crippen LogP contribution in [0.5, 0.6) is 0 Å². The van der Waals surface area contributed by atoms with Gasteiger partial charge in [0.05, 0.1) is 0 Å². The van der Waals surface area contributed by atoms with E-state index in [1.807, 2.05) is 24.3 Å². The Kier molecular flexibility index (Phi) is 3.92. The number of benzene rings is 1. The first kappa shape index (κ1) is 16.0. The van der Waals surface area contributed by atoms with E-state index in [1.54, 1.807) is 0 Å². The first-order valence-electron chi connectivity index (χ1n) is 7.75. The molecule has 0 atom stereocenters. The van der Waals surface area contributed by atoms with Crippen molar-refractivity contribution >= 4 is 5.91 Å². The van der Waals surface area contributed by atoms with Gasteiger partial charge in [-0.15, -0.1) is 0 Å². The lowest BCUT2D eigenvalue weighted by Crippen LogP contribution is -2.76. The highest BCUT2D eigenvalue weighted by Gasteiger charge is 2.60. The fourth-order valence-corrected chi connectivity index (χ4v) is 3.79. The maximum Gasteiger partial charge on any atom is 0.251 e. The molecule has 1 aromatic carbocycles. The van der Waals surface area contributed by atoms with Gasteiger partial charge in [0.1, 0.15) is 0 Å². The summed E-state index contributed by atoms with van der Waals surface area (Å²) >= 11 is 0. The number of nitrogens with two attached hydrogens (primary N) is 1. The molecule has 116 valence electrons. The Labute approximate surface area is 128 Å². The van der Waals surface area contributed by atoms with Crippen molar-refractivity contribution in [2.75, 3.05) is 0 Å². The Balaban J connectivity index is 2.12. The molecule has 0 saturated heterocycles. The number of carbonyl (C=O) groups excluding carboxylic acids is 1. The lowest BCUT2D eigenvalue weighted by Gasteiger charge is -2.62. The van der Waals surface area contributed by atoms with Gasteiger partial charge in [-0.05, 0) is 23.6 Å². The summed E-state index contributed by atoms with van der Waals surface area (Å²) in [6, 6.07) is 8.06. The smallest absolute Gasteiger partial charge is 0.251 e. The van der Waals surface area contributed by atoms with Crippen LogP contribution in [0.25, 0.3) is 0 Å². The second kappa shape index (κ2) is 5.13. The van der Waals surface area contributed by atoms with Crippen LogP contribution in [0.1, 0.15) is 63.4 Å². The van der Waals surface area contributed by atoms with Gasteiger partial charge in [0.2, 0.25) is 0 Å². The minimum absolute atomic E-state index is 0.0108. The zero-order chi connectivity index (χ0) is 16.0. The largest absolute Gasteiger partial charge is 0.348 e. The van der Waals surface area contributed by atoms with Gasteiger partial charge in [-0.2, -0.15) is 0 Å². The fraction of sp³-hybridized carbons (Fsp3) is 0.611. The fourth-order valence-electron chi connectivity index (χ4n) is 3.79.